The summed E-state index contributed by atoms with van der Waals surface area (Å²) in [6.07, 6.45) is 0.372. The Hall–Kier alpha value is -1.96. The van der Waals surface area contributed by atoms with Crippen molar-refractivity contribution in [3.63, 3.8) is 0 Å². The molecule has 2 nitrogen and oxygen atoms in total. The van der Waals surface area contributed by atoms with Crippen molar-refractivity contribution in [1.82, 2.24) is 0 Å². The van der Waals surface area contributed by atoms with Crippen molar-refractivity contribution in [2.24, 2.45) is 0 Å². The minimum atomic E-state index is -0.0733. The van der Waals surface area contributed by atoms with E-state index < -0.39 is 0 Å². The molecule has 0 fully saturated rings. The molecule has 86 valence electrons. The van der Waals surface area contributed by atoms with E-state index in [1.807, 2.05) is 42.5 Å². The second-order valence-electron chi connectivity index (χ2n) is 4.28. The Bertz CT molecular complexity index is 570. The van der Waals surface area contributed by atoms with Gasteiger partial charge in [-0.2, -0.15) is 0 Å². The molecule has 0 atom stereocenters. The van der Waals surface area contributed by atoms with Gasteiger partial charge in [0.25, 0.3) is 0 Å². The zero-order chi connectivity index (χ0) is 12.3. The molecule has 0 aromatic heterocycles. The molecule has 0 saturated heterocycles. The molecule has 17 heavy (non-hydrogen) atoms. The van der Waals surface area contributed by atoms with E-state index in [4.69, 9.17) is 0 Å². The average Bonchev–Trinajstić information content (AvgIpc) is 2.27. The van der Waals surface area contributed by atoms with Crippen LogP contribution in [0.2, 0.25) is 0 Å². The van der Waals surface area contributed by atoms with E-state index in [0.29, 0.717) is 6.42 Å². The van der Waals surface area contributed by atoms with Crippen LogP contribution in [0, 0.1) is 0 Å². The second-order valence-corrected chi connectivity index (χ2v) is 4.28. The highest BCUT2D eigenvalue weighted by atomic mass is 16.1. The lowest BCUT2D eigenvalue weighted by Crippen LogP contribution is -2.07. The van der Waals surface area contributed by atoms with Crippen LogP contribution in [0.5, 0.6) is 0 Å². The van der Waals surface area contributed by atoms with Crippen molar-refractivity contribution in [2.45, 2.75) is 19.8 Å². The summed E-state index contributed by atoms with van der Waals surface area (Å²) in [7, 11) is 0. The van der Waals surface area contributed by atoms with Crippen molar-refractivity contribution in [3.8, 4) is 0 Å². The van der Waals surface area contributed by atoms with Crippen molar-refractivity contribution >= 4 is 22.3 Å². The smallest absolute Gasteiger partial charge is 0.144 e. The molecule has 0 N–H and O–H groups in total. The highest BCUT2D eigenvalue weighted by molar-refractivity contribution is 5.99. The van der Waals surface area contributed by atoms with E-state index in [1.165, 1.54) is 6.92 Å². The summed E-state index contributed by atoms with van der Waals surface area (Å²) < 4.78 is 0. The Morgan fingerprint density at radius 3 is 2.41 bits per heavy atom. The number of rotatable bonds is 4. The van der Waals surface area contributed by atoms with Crippen LogP contribution in [-0.2, 0) is 16.0 Å². The molecule has 0 heterocycles. The largest absolute Gasteiger partial charge is 0.300 e. The summed E-state index contributed by atoms with van der Waals surface area (Å²) in [4.78, 5) is 22.4. The Kier molecular flexibility index (Phi) is 3.33. The maximum absolute atomic E-state index is 11.5. The van der Waals surface area contributed by atoms with Gasteiger partial charge in [0.1, 0.15) is 11.6 Å². The minimum Gasteiger partial charge on any atom is -0.300 e. The van der Waals surface area contributed by atoms with E-state index in [-0.39, 0.29) is 18.0 Å². The predicted molar refractivity (Wildman–Crippen MR) is 68.0 cm³/mol. The first-order valence-corrected chi connectivity index (χ1v) is 5.64. The molecular formula is C15H14O2. The molecule has 2 rings (SSSR count). The number of carbonyl (C=O) groups is 2. The molecule has 0 aliphatic carbocycles. The molecule has 0 spiro atoms. The normalized spacial score (nSPS) is 10.4. The summed E-state index contributed by atoms with van der Waals surface area (Å²) in [6.45, 7) is 1.44. The number of carbonyl (C=O) groups excluding carboxylic acids is 2. The van der Waals surface area contributed by atoms with Gasteiger partial charge in [-0.15, -0.1) is 0 Å². The topological polar surface area (TPSA) is 34.1 Å². The number of benzene rings is 2. The Labute approximate surface area is 100 Å². The Morgan fingerprint density at radius 1 is 1.00 bits per heavy atom. The van der Waals surface area contributed by atoms with Gasteiger partial charge in [0.05, 0.1) is 6.42 Å². The first-order chi connectivity index (χ1) is 8.15. The van der Waals surface area contributed by atoms with Gasteiger partial charge in [0, 0.05) is 6.42 Å². The second kappa shape index (κ2) is 4.91. The van der Waals surface area contributed by atoms with Crippen molar-refractivity contribution in [3.05, 3.63) is 48.0 Å². The molecule has 2 heteroatoms. The molecular weight excluding hydrogens is 212 g/mol. The number of hydrogen-bond acceptors (Lipinski definition) is 2. The van der Waals surface area contributed by atoms with Gasteiger partial charge in [0.15, 0.2) is 0 Å². The third-order valence-corrected chi connectivity index (χ3v) is 2.66. The zero-order valence-electron chi connectivity index (χ0n) is 9.77. The highest BCUT2D eigenvalue weighted by Gasteiger charge is 2.06. The summed E-state index contributed by atoms with van der Waals surface area (Å²) >= 11 is 0. The van der Waals surface area contributed by atoms with Crippen LogP contribution in [0.25, 0.3) is 10.8 Å². The summed E-state index contributed by atoms with van der Waals surface area (Å²) in [5.74, 6) is -0.0939. The molecule has 0 aliphatic rings. The van der Waals surface area contributed by atoms with E-state index in [1.54, 1.807) is 0 Å². The average molecular weight is 226 g/mol. The van der Waals surface area contributed by atoms with Crippen molar-refractivity contribution in [1.29, 1.82) is 0 Å². The van der Waals surface area contributed by atoms with E-state index in [2.05, 4.69) is 0 Å². The van der Waals surface area contributed by atoms with E-state index in [9.17, 15) is 9.59 Å². The standard InChI is InChI=1S/C15H14O2/c1-11(16)8-15(17)10-12-6-7-13-4-2-3-5-14(13)9-12/h2-7,9H,8,10H2,1H3. The van der Waals surface area contributed by atoms with Gasteiger partial charge < -0.3 is 0 Å². The molecule has 0 unspecified atom stereocenters. The fraction of sp³-hybridized carbons (Fsp3) is 0.200. The quantitative estimate of drug-likeness (QED) is 0.751. The zero-order valence-corrected chi connectivity index (χ0v) is 9.77. The van der Waals surface area contributed by atoms with Gasteiger partial charge in [-0.1, -0.05) is 42.5 Å². The summed E-state index contributed by atoms with van der Waals surface area (Å²) in [5, 5.41) is 2.29. The van der Waals surface area contributed by atoms with Crippen LogP contribution in [0.3, 0.4) is 0 Å². The lowest BCUT2D eigenvalue weighted by Gasteiger charge is -2.02. The Morgan fingerprint density at radius 2 is 1.71 bits per heavy atom. The molecule has 2 aromatic carbocycles. The van der Waals surface area contributed by atoms with Crippen LogP contribution in [0.15, 0.2) is 42.5 Å². The number of ketones is 2. The lowest BCUT2D eigenvalue weighted by atomic mass is 10.0. The van der Waals surface area contributed by atoms with E-state index in [0.717, 1.165) is 16.3 Å². The monoisotopic (exact) mass is 226 g/mol. The first-order valence-electron chi connectivity index (χ1n) is 5.64. The molecule has 0 bridgehead atoms. The lowest BCUT2D eigenvalue weighted by molar-refractivity contribution is -0.125. The predicted octanol–water partition coefficient (Wildman–Crippen LogP) is 2.93. The molecule has 2 aromatic rings. The first kappa shape index (κ1) is 11.5. The van der Waals surface area contributed by atoms with Crippen LogP contribution in [-0.4, -0.2) is 11.6 Å². The third kappa shape index (κ3) is 3.00. The van der Waals surface area contributed by atoms with Gasteiger partial charge in [-0.3, -0.25) is 9.59 Å². The number of hydrogen-bond donors (Lipinski definition) is 0. The van der Waals surface area contributed by atoms with Crippen LogP contribution in [0.4, 0.5) is 0 Å². The van der Waals surface area contributed by atoms with Gasteiger partial charge >= 0.3 is 0 Å². The van der Waals surface area contributed by atoms with Crippen molar-refractivity contribution in [2.75, 3.05) is 0 Å². The van der Waals surface area contributed by atoms with Gasteiger partial charge in [-0.25, -0.2) is 0 Å². The van der Waals surface area contributed by atoms with Crippen LogP contribution >= 0.6 is 0 Å². The molecule has 0 amide bonds. The maximum Gasteiger partial charge on any atom is 0.144 e. The SMILES string of the molecule is CC(=O)CC(=O)Cc1ccc2ccccc2c1. The number of Topliss-reactive ketones (excluding diaryl/α,β-unsaturated/α-hetero) is 2. The molecule has 0 saturated carbocycles. The van der Waals surface area contributed by atoms with E-state index >= 15 is 0 Å². The van der Waals surface area contributed by atoms with Gasteiger partial charge in [0.2, 0.25) is 0 Å². The molecule has 0 radical (unpaired) electrons. The fourth-order valence-corrected chi connectivity index (χ4v) is 1.92. The summed E-state index contributed by atoms with van der Waals surface area (Å²) in [5.41, 5.74) is 0.968. The highest BCUT2D eigenvalue weighted by Crippen LogP contribution is 2.16. The van der Waals surface area contributed by atoms with Crippen LogP contribution < -0.4 is 0 Å². The van der Waals surface area contributed by atoms with Gasteiger partial charge in [-0.05, 0) is 23.3 Å². The summed E-state index contributed by atoms with van der Waals surface area (Å²) in [6, 6.07) is 14.0. The fourth-order valence-electron chi connectivity index (χ4n) is 1.92. The third-order valence-electron chi connectivity index (χ3n) is 2.66. The number of fused-ring (bicyclic) bond motifs is 1. The minimum absolute atomic E-state index is 0.0206. The van der Waals surface area contributed by atoms with Crippen molar-refractivity contribution < 1.29 is 9.59 Å². The molecule has 0 aliphatic heterocycles. The van der Waals surface area contributed by atoms with Crippen LogP contribution in [0.1, 0.15) is 18.9 Å². The maximum atomic E-state index is 11.5. The Balaban J connectivity index is 2.19.